The van der Waals surface area contributed by atoms with Crippen LogP contribution in [0.1, 0.15) is 49.5 Å². The van der Waals surface area contributed by atoms with Crippen molar-refractivity contribution >= 4 is 5.78 Å². The first kappa shape index (κ1) is 22.1. The second-order valence-corrected chi connectivity index (χ2v) is 7.23. The molecule has 0 bridgehead atoms. The zero-order valence-electron chi connectivity index (χ0n) is 17.3. The molecule has 0 saturated heterocycles. The molecule has 28 heavy (non-hydrogen) atoms. The van der Waals surface area contributed by atoms with Crippen molar-refractivity contribution in [1.82, 2.24) is 5.32 Å². The van der Waals surface area contributed by atoms with Crippen molar-refractivity contribution in [3.8, 4) is 5.75 Å². The molecule has 4 nitrogen and oxygen atoms in total. The molecule has 0 radical (unpaired) electrons. The minimum atomic E-state index is -0.0565. The molecule has 2 rings (SSSR count). The first-order valence-corrected chi connectivity index (χ1v) is 10.2. The van der Waals surface area contributed by atoms with Crippen molar-refractivity contribution in [1.29, 1.82) is 0 Å². The number of Topliss-reactive ketones (excluding diaryl/α,β-unsaturated/α-hetero) is 1. The monoisotopic (exact) mass is 383 g/mol. The Kier molecular flexibility index (Phi) is 9.73. The quantitative estimate of drug-likeness (QED) is 0.403. The summed E-state index contributed by atoms with van der Waals surface area (Å²) in [7, 11) is 0. The SMILES string of the molecule is CCCNCC(COc1ccccc1C(=O)CCc1ccccc1)OC(C)C. The van der Waals surface area contributed by atoms with Crippen molar-refractivity contribution < 1.29 is 14.3 Å². The molecule has 2 aromatic carbocycles. The van der Waals surface area contributed by atoms with Crippen molar-refractivity contribution in [2.24, 2.45) is 0 Å². The number of para-hydroxylation sites is 1. The van der Waals surface area contributed by atoms with Crippen LogP contribution in [0.4, 0.5) is 0 Å². The molecule has 0 heterocycles. The highest BCUT2D eigenvalue weighted by molar-refractivity contribution is 5.98. The van der Waals surface area contributed by atoms with Crippen LogP contribution < -0.4 is 10.1 Å². The average molecular weight is 384 g/mol. The Morgan fingerprint density at radius 2 is 1.75 bits per heavy atom. The van der Waals surface area contributed by atoms with Gasteiger partial charge in [0, 0.05) is 13.0 Å². The fraction of sp³-hybridized carbons (Fsp3) is 0.458. The van der Waals surface area contributed by atoms with Gasteiger partial charge in [-0.2, -0.15) is 0 Å². The van der Waals surface area contributed by atoms with E-state index in [9.17, 15) is 4.79 Å². The van der Waals surface area contributed by atoms with Crippen LogP contribution in [-0.4, -0.2) is 37.7 Å². The van der Waals surface area contributed by atoms with E-state index in [0.717, 1.165) is 25.9 Å². The molecular formula is C24H33NO3. The molecule has 0 aromatic heterocycles. The highest BCUT2D eigenvalue weighted by atomic mass is 16.5. The zero-order chi connectivity index (χ0) is 20.2. The van der Waals surface area contributed by atoms with E-state index in [1.54, 1.807) is 0 Å². The lowest BCUT2D eigenvalue weighted by Crippen LogP contribution is -2.36. The van der Waals surface area contributed by atoms with Crippen molar-refractivity contribution in [3.05, 3.63) is 65.7 Å². The Hall–Kier alpha value is -2.17. The molecule has 1 atom stereocenters. The first-order valence-electron chi connectivity index (χ1n) is 10.2. The van der Waals surface area contributed by atoms with Gasteiger partial charge in [-0.15, -0.1) is 0 Å². The van der Waals surface area contributed by atoms with Crippen LogP contribution in [0.15, 0.2) is 54.6 Å². The predicted molar refractivity (Wildman–Crippen MR) is 114 cm³/mol. The average Bonchev–Trinajstić information content (AvgIpc) is 2.71. The van der Waals surface area contributed by atoms with Crippen LogP contribution in [0.5, 0.6) is 5.75 Å². The van der Waals surface area contributed by atoms with Gasteiger partial charge in [0.1, 0.15) is 18.5 Å². The van der Waals surface area contributed by atoms with Crippen LogP contribution in [0.2, 0.25) is 0 Å². The largest absolute Gasteiger partial charge is 0.490 e. The smallest absolute Gasteiger partial charge is 0.166 e. The number of carbonyl (C=O) groups is 1. The minimum Gasteiger partial charge on any atom is -0.490 e. The lowest BCUT2D eigenvalue weighted by Gasteiger charge is -2.22. The van der Waals surface area contributed by atoms with E-state index in [1.165, 1.54) is 5.56 Å². The van der Waals surface area contributed by atoms with Crippen molar-refractivity contribution in [2.75, 3.05) is 19.7 Å². The summed E-state index contributed by atoms with van der Waals surface area (Å²) in [5, 5.41) is 3.38. The summed E-state index contributed by atoms with van der Waals surface area (Å²) in [6, 6.07) is 17.6. The van der Waals surface area contributed by atoms with Gasteiger partial charge >= 0.3 is 0 Å². The van der Waals surface area contributed by atoms with E-state index in [0.29, 0.717) is 24.3 Å². The summed E-state index contributed by atoms with van der Waals surface area (Å²) in [6.07, 6.45) is 2.34. The second kappa shape index (κ2) is 12.3. The van der Waals surface area contributed by atoms with Gasteiger partial charge < -0.3 is 14.8 Å². The molecule has 0 fully saturated rings. The number of ether oxygens (including phenoxy) is 2. The molecule has 0 aliphatic rings. The topological polar surface area (TPSA) is 47.6 Å². The Labute approximate surface area is 169 Å². The van der Waals surface area contributed by atoms with Crippen LogP contribution in [0.25, 0.3) is 0 Å². The fourth-order valence-electron chi connectivity index (χ4n) is 3.01. The number of hydrogen-bond acceptors (Lipinski definition) is 4. The van der Waals surface area contributed by atoms with Crippen LogP contribution in [0, 0.1) is 0 Å². The van der Waals surface area contributed by atoms with E-state index in [2.05, 4.69) is 12.2 Å². The third kappa shape index (κ3) is 7.83. The molecule has 1 unspecified atom stereocenters. The summed E-state index contributed by atoms with van der Waals surface area (Å²) in [4.78, 5) is 12.7. The maximum Gasteiger partial charge on any atom is 0.166 e. The molecule has 0 aliphatic carbocycles. The lowest BCUT2D eigenvalue weighted by molar-refractivity contribution is -0.0161. The Morgan fingerprint density at radius 3 is 2.46 bits per heavy atom. The van der Waals surface area contributed by atoms with E-state index in [4.69, 9.17) is 9.47 Å². The predicted octanol–water partition coefficient (Wildman–Crippen LogP) is 4.67. The molecule has 0 spiro atoms. The van der Waals surface area contributed by atoms with Crippen LogP contribution >= 0.6 is 0 Å². The van der Waals surface area contributed by atoms with Gasteiger partial charge in [0.15, 0.2) is 5.78 Å². The maximum absolute atomic E-state index is 12.7. The number of carbonyl (C=O) groups excluding carboxylic acids is 1. The van der Waals surface area contributed by atoms with E-state index < -0.39 is 0 Å². The lowest BCUT2D eigenvalue weighted by atomic mass is 10.0. The summed E-state index contributed by atoms with van der Waals surface area (Å²) in [5.41, 5.74) is 1.81. The molecule has 4 heteroatoms. The van der Waals surface area contributed by atoms with Gasteiger partial charge in [-0.25, -0.2) is 0 Å². The molecule has 0 saturated carbocycles. The van der Waals surface area contributed by atoms with E-state index in [1.807, 2.05) is 68.4 Å². The number of rotatable bonds is 13. The number of nitrogens with one attached hydrogen (secondary N) is 1. The summed E-state index contributed by atoms with van der Waals surface area (Å²) < 4.78 is 12.0. The summed E-state index contributed by atoms with van der Waals surface area (Å²) in [5.74, 6) is 0.735. The van der Waals surface area contributed by atoms with E-state index in [-0.39, 0.29) is 18.0 Å². The molecule has 152 valence electrons. The number of ketones is 1. The number of aryl methyl sites for hydroxylation is 1. The highest BCUT2D eigenvalue weighted by Crippen LogP contribution is 2.21. The Bertz CT molecular complexity index is 700. The normalized spacial score (nSPS) is 12.1. The maximum atomic E-state index is 12.7. The van der Waals surface area contributed by atoms with Gasteiger partial charge in [0.05, 0.1) is 11.7 Å². The summed E-state index contributed by atoms with van der Waals surface area (Å²) in [6.45, 7) is 8.28. The number of benzene rings is 2. The Balaban J connectivity index is 1.96. The first-order chi connectivity index (χ1) is 13.6. The van der Waals surface area contributed by atoms with Crippen molar-refractivity contribution in [3.63, 3.8) is 0 Å². The minimum absolute atomic E-state index is 0.0565. The second-order valence-electron chi connectivity index (χ2n) is 7.23. The zero-order valence-corrected chi connectivity index (χ0v) is 17.3. The Morgan fingerprint density at radius 1 is 1.04 bits per heavy atom. The molecule has 1 N–H and O–H groups in total. The van der Waals surface area contributed by atoms with Gasteiger partial charge in [-0.05, 0) is 50.9 Å². The van der Waals surface area contributed by atoms with Gasteiger partial charge in [0.25, 0.3) is 0 Å². The third-order valence-electron chi connectivity index (χ3n) is 4.36. The van der Waals surface area contributed by atoms with Crippen molar-refractivity contribution in [2.45, 2.75) is 52.2 Å². The molecule has 2 aromatic rings. The summed E-state index contributed by atoms with van der Waals surface area (Å²) >= 11 is 0. The standard InChI is InChI=1S/C24H33NO3/c1-4-16-25-17-21(28-19(2)3)18-27-24-13-9-8-12-22(24)23(26)15-14-20-10-6-5-7-11-20/h5-13,19,21,25H,4,14-18H2,1-3H3. The molecular weight excluding hydrogens is 350 g/mol. The highest BCUT2D eigenvalue weighted by Gasteiger charge is 2.16. The van der Waals surface area contributed by atoms with Gasteiger partial charge in [0.2, 0.25) is 0 Å². The van der Waals surface area contributed by atoms with Gasteiger partial charge in [-0.3, -0.25) is 4.79 Å². The molecule has 0 amide bonds. The van der Waals surface area contributed by atoms with Gasteiger partial charge in [-0.1, -0.05) is 49.4 Å². The number of hydrogen-bond donors (Lipinski definition) is 1. The fourth-order valence-corrected chi connectivity index (χ4v) is 3.01. The van der Waals surface area contributed by atoms with Crippen LogP contribution in [-0.2, 0) is 11.2 Å². The third-order valence-corrected chi connectivity index (χ3v) is 4.36. The molecule has 0 aliphatic heterocycles. The van der Waals surface area contributed by atoms with E-state index >= 15 is 0 Å². The van der Waals surface area contributed by atoms with Crippen LogP contribution in [0.3, 0.4) is 0 Å².